The summed E-state index contributed by atoms with van der Waals surface area (Å²) < 4.78 is 1.28. The largest absolute Gasteiger partial charge is 0.380 e. The summed E-state index contributed by atoms with van der Waals surface area (Å²) in [5.41, 5.74) is 1.67. The van der Waals surface area contributed by atoms with E-state index in [1.165, 1.54) is 16.8 Å². The number of benzene rings is 1. The molecule has 0 fully saturated rings. The van der Waals surface area contributed by atoms with Crippen LogP contribution in [0.15, 0.2) is 35.3 Å². The molecular formula is C14H16N4O3. The molecule has 1 aromatic heterocycles. The van der Waals surface area contributed by atoms with Gasteiger partial charge < -0.3 is 5.32 Å². The van der Waals surface area contributed by atoms with Crippen molar-refractivity contribution in [3.63, 3.8) is 0 Å². The minimum atomic E-state index is -0.438. The predicted octanol–water partition coefficient (Wildman–Crippen LogP) is 1.94. The number of nitrogens with one attached hydrogen (secondary N) is 1. The smallest absolute Gasteiger partial charge is 0.292 e. The van der Waals surface area contributed by atoms with E-state index in [2.05, 4.69) is 10.4 Å². The van der Waals surface area contributed by atoms with Gasteiger partial charge >= 0.3 is 0 Å². The summed E-state index contributed by atoms with van der Waals surface area (Å²) in [6.45, 7) is 4.45. The zero-order chi connectivity index (χ0) is 15.4. The van der Waals surface area contributed by atoms with Gasteiger partial charge in [0.1, 0.15) is 5.69 Å². The van der Waals surface area contributed by atoms with E-state index in [0.29, 0.717) is 17.8 Å². The fourth-order valence-corrected chi connectivity index (χ4v) is 1.98. The molecule has 0 unspecified atom stereocenters. The Balaban J connectivity index is 2.34. The summed E-state index contributed by atoms with van der Waals surface area (Å²) >= 11 is 0. The Hall–Kier alpha value is -2.70. The van der Waals surface area contributed by atoms with Gasteiger partial charge in [0.15, 0.2) is 0 Å². The third-order valence-electron chi connectivity index (χ3n) is 2.96. The Labute approximate surface area is 121 Å². The van der Waals surface area contributed by atoms with Crippen LogP contribution in [0.2, 0.25) is 0 Å². The lowest BCUT2D eigenvalue weighted by Gasteiger charge is -2.08. The third kappa shape index (κ3) is 3.44. The number of aromatic nitrogens is 2. The van der Waals surface area contributed by atoms with Gasteiger partial charge in [-0.2, -0.15) is 5.10 Å². The predicted molar refractivity (Wildman–Crippen MR) is 79.6 cm³/mol. The monoisotopic (exact) mass is 288 g/mol. The van der Waals surface area contributed by atoms with Crippen LogP contribution in [-0.4, -0.2) is 21.2 Å². The number of anilines is 1. The summed E-state index contributed by atoms with van der Waals surface area (Å²) in [7, 11) is 0. The van der Waals surface area contributed by atoms with E-state index in [4.69, 9.17) is 0 Å². The first kappa shape index (κ1) is 14.7. The zero-order valence-electron chi connectivity index (χ0n) is 11.9. The van der Waals surface area contributed by atoms with Gasteiger partial charge in [0, 0.05) is 18.7 Å². The molecule has 0 amide bonds. The second-order valence-corrected chi connectivity index (χ2v) is 4.67. The lowest BCUT2D eigenvalue weighted by molar-refractivity contribution is -0.384. The Morgan fingerprint density at radius 3 is 2.76 bits per heavy atom. The van der Waals surface area contributed by atoms with Crippen LogP contribution in [0.5, 0.6) is 0 Å². The van der Waals surface area contributed by atoms with Crippen LogP contribution in [0.25, 0.3) is 0 Å². The lowest BCUT2D eigenvalue weighted by atomic mass is 10.1. The van der Waals surface area contributed by atoms with Crippen LogP contribution in [0.4, 0.5) is 11.4 Å². The molecule has 7 heteroatoms. The van der Waals surface area contributed by atoms with Crippen LogP contribution < -0.4 is 10.9 Å². The van der Waals surface area contributed by atoms with E-state index in [1.807, 2.05) is 6.92 Å². The molecule has 1 heterocycles. The summed E-state index contributed by atoms with van der Waals surface area (Å²) in [6.07, 6.45) is 1.59. The lowest BCUT2D eigenvalue weighted by Crippen LogP contribution is -2.22. The second kappa shape index (κ2) is 6.17. The fraction of sp³-hybridized carbons (Fsp3) is 0.286. The molecule has 1 aromatic carbocycles. The molecule has 0 saturated carbocycles. The maximum atomic E-state index is 11.8. The van der Waals surface area contributed by atoms with E-state index < -0.39 is 4.92 Å². The van der Waals surface area contributed by atoms with Gasteiger partial charge in [-0.25, -0.2) is 4.68 Å². The highest BCUT2D eigenvalue weighted by Crippen LogP contribution is 2.25. The van der Waals surface area contributed by atoms with Crippen molar-refractivity contribution in [2.45, 2.75) is 20.4 Å². The standard InChI is InChI=1S/C14H16N4O3/c1-3-15-12-5-4-11(7-13(12)18(20)21)9-17-14(19)6-10(2)8-16-17/h4-8,15H,3,9H2,1-2H3. The third-order valence-corrected chi connectivity index (χ3v) is 2.96. The molecule has 0 radical (unpaired) electrons. The average molecular weight is 288 g/mol. The van der Waals surface area contributed by atoms with E-state index in [1.54, 1.807) is 25.3 Å². The molecule has 0 aliphatic carbocycles. The van der Waals surface area contributed by atoms with Crippen molar-refractivity contribution in [2.75, 3.05) is 11.9 Å². The summed E-state index contributed by atoms with van der Waals surface area (Å²) in [5.74, 6) is 0. The van der Waals surface area contributed by atoms with Crippen molar-refractivity contribution in [2.24, 2.45) is 0 Å². The molecule has 2 aromatic rings. The minimum Gasteiger partial charge on any atom is -0.380 e. The quantitative estimate of drug-likeness (QED) is 0.670. The van der Waals surface area contributed by atoms with Gasteiger partial charge in [0.25, 0.3) is 11.2 Å². The zero-order valence-corrected chi connectivity index (χ0v) is 11.9. The molecule has 7 nitrogen and oxygen atoms in total. The van der Waals surface area contributed by atoms with Gasteiger partial charge in [-0.1, -0.05) is 6.07 Å². The Kier molecular flexibility index (Phi) is 4.32. The molecule has 21 heavy (non-hydrogen) atoms. The number of nitro benzene ring substituents is 1. The van der Waals surface area contributed by atoms with E-state index in [-0.39, 0.29) is 17.8 Å². The molecule has 0 bridgehead atoms. The maximum Gasteiger partial charge on any atom is 0.292 e. The number of rotatable bonds is 5. The molecule has 0 aliphatic rings. The molecule has 1 N–H and O–H groups in total. The molecule has 2 rings (SSSR count). The number of hydrogen-bond donors (Lipinski definition) is 1. The minimum absolute atomic E-state index is 0.00508. The average Bonchev–Trinajstić information content (AvgIpc) is 2.43. The van der Waals surface area contributed by atoms with Crippen molar-refractivity contribution >= 4 is 11.4 Å². The first-order chi connectivity index (χ1) is 10.0. The number of aryl methyl sites for hydroxylation is 1. The van der Waals surface area contributed by atoms with Crippen LogP contribution in [0.3, 0.4) is 0 Å². The Morgan fingerprint density at radius 2 is 2.14 bits per heavy atom. The molecule has 110 valence electrons. The first-order valence-electron chi connectivity index (χ1n) is 6.56. The highest BCUT2D eigenvalue weighted by Gasteiger charge is 2.14. The highest BCUT2D eigenvalue weighted by molar-refractivity contribution is 5.62. The number of hydrogen-bond acceptors (Lipinski definition) is 5. The van der Waals surface area contributed by atoms with Crippen molar-refractivity contribution < 1.29 is 4.92 Å². The van der Waals surface area contributed by atoms with Crippen molar-refractivity contribution in [3.05, 3.63) is 62.1 Å². The Bertz CT molecular complexity index is 724. The van der Waals surface area contributed by atoms with Crippen molar-refractivity contribution in [1.82, 2.24) is 9.78 Å². The van der Waals surface area contributed by atoms with Gasteiger partial charge in [-0.15, -0.1) is 0 Å². The summed E-state index contributed by atoms with van der Waals surface area (Å²) in [5, 5.41) is 18.1. The first-order valence-corrected chi connectivity index (χ1v) is 6.56. The van der Waals surface area contributed by atoms with Crippen LogP contribution in [0.1, 0.15) is 18.1 Å². The second-order valence-electron chi connectivity index (χ2n) is 4.67. The number of nitrogens with zero attached hydrogens (tertiary/aromatic N) is 3. The van der Waals surface area contributed by atoms with Crippen molar-refractivity contribution in [1.29, 1.82) is 0 Å². The summed E-state index contributed by atoms with van der Waals surface area (Å²) in [4.78, 5) is 22.4. The fourth-order valence-electron chi connectivity index (χ4n) is 1.98. The van der Waals surface area contributed by atoms with Gasteiger partial charge in [-0.3, -0.25) is 14.9 Å². The molecule has 0 aliphatic heterocycles. The van der Waals surface area contributed by atoms with E-state index >= 15 is 0 Å². The molecule has 0 atom stereocenters. The van der Waals surface area contributed by atoms with Crippen molar-refractivity contribution in [3.8, 4) is 0 Å². The van der Waals surface area contributed by atoms with Crippen LogP contribution in [0, 0.1) is 17.0 Å². The highest BCUT2D eigenvalue weighted by atomic mass is 16.6. The normalized spacial score (nSPS) is 10.4. The number of nitro groups is 1. The van der Waals surface area contributed by atoms with Gasteiger partial charge in [0.05, 0.1) is 17.7 Å². The van der Waals surface area contributed by atoms with Gasteiger partial charge in [0.2, 0.25) is 0 Å². The Morgan fingerprint density at radius 1 is 1.38 bits per heavy atom. The molecule has 0 saturated heterocycles. The SMILES string of the molecule is CCNc1ccc(Cn2ncc(C)cc2=O)cc1[N+](=O)[O-]. The van der Waals surface area contributed by atoms with Crippen LogP contribution in [-0.2, 0) is 6.54 Å². The summed E-state index contributed by atoms with van der Waals surface area (Å²) in [6, 6.07) is 6.34. The molecular weight excluding hydrogens is 272 g/mol. The van der Waals surface area contributed by atoms with E-state index in [9.17, 15) is 14.9 Å². The maximum absolute atomic E-state index is 11.8. The molecule has 0 spiro atoms. The van der Waals surface area contributed by atoms with Crippen LogP contribution >= 0.6 is 0 Å². The topological polar surface area (TPSA) is 90.1 Å². The van der Waals surface area contributed by atoms with E-state index in [0.717, 1.165) is 5.56 Å². The van der Waals surface area contributed by atoms with Gasteiger partial charge in [-0.05, 0) is 31.0 Å².